The van der Waals surface area contributed by atoms with Crippen molar-refractivity contribution in [1.29, 1.82) is 0 Å². The number of aromatic nitrogens is 2. The molecule has 1 heterocycles. The van der Waals surface area contributed by atoms with E-state index in [0.717, 1.165) is 31.7 Å². The van der Waals surface area contributed by atoms with Crippen LogP contribution >= 0.6 is 0 Å². The van der Waals surface area contributed by atoms with Crippen LogP contribution in [0.4, 0.5) is 5.82 Å². The molecule has 5 nitrogen and oxygen atoms in total. The maximum atomic E-state index is 5.72. The van der Waals surface area contributed by atoms with Crippen molar-refractivity contribution >= 4 is 5.82 Å². The van der Waals surface area contributed by atoms with Gasteiger partial charge in [-0.05, 0) is 25.7 Å². The number of hydrogen-bond donors (Lipinski definition) is 1. The fourth-order valence-corrected chi connectivity index (χ4v) is 2.63. The van der Waals surface area contributed by atoms with Crippen molar-refractivity contribution in [2.24, 2.45) is 5.73 Å². The summed E-state index contributed by atoms with van der Waals surface area (Å²) in [5, 5.41) is 0. The summed E-state index contributed by atoms with van der Waals surface area (Å²) < 4.78 is 5.18. The first-order valence-electron chi connectivity index (χ1n) is 7.13. The molecule has 0 aliphatic heterocycles. The number of rotatable bonds is 6. The molecule has 2 rings (SSSR count). The van der Waals surface area contributed by atoms with Crippen LogP contribution in [0.1, 0.15) is 30.5 Å². The second kappa shape index (κ2) is 7.40. The van der Waals surface area contributed by atoms with Gasteiger partial charge in [0.1, 0.15) is 12.1 Å². The highest BCUT2D eigenvalue weighted by Crippen LogP contribution is 2.26. The summed E-state index contributed by atoms with van der Waals surface area (Å²) in [6.45, 7) is 2.96. The first kappa shape index (κ1) is 14.2. The van der Waals surface area contributed by atoms with E-state index in [9.17, 15) is 0 Å². The van der Waals surface area contributed by atoms with Gasteiger partial charge in [-0.3, -0.25) is 0 Å². The van der Waals surface area contributed by atoms with Crippen LogP contribution in [-0.4, -0.2) is 43.3 Å². The Morgan fingerprint density at radius 3 is 2.84 bits per heavy atom. The average Bonchev–Trinajstić information content (AvgIpc) is 2.68. The van der Waals surface area contributed by atoms with Gasteiger partial charge in [-0.2, -0.15) is 0 Å². The van der Waals surface area contributed by atoms with Gasteiger partial charge in [-0.15, -0.1) is 0 Å². The number of methoxy groups -OCH3 is 1. The van der Waals surface area contributed by atoms with Gasteiger partial charge in [0.25, 0.3) is 0 Å². The Labute approximate surface area is 115 Å². The smallest absolute Gasteiger partial charge is 0.135 e. The van der Waals surface area contributed by atoms with E-state index in [4.69, 9.17) is 10.5 Å². The van der Waals surface area contributed by atoms with Crippen molar-refractivity contribution < 1.29 is 4.74 Å². The van der Waals surface area contributed by atoms with Crippen molar-refractivity contribution in [2.75, 3.05) is 38.3 Å². The fraction of sp³-hybridized carbons (Fsp3) is 0.714. The number of nitrogens with zero attached hydrogens (tertiary/aromatic N) is 3. The number of nitrogens with two attached hydrogens (primary N) is 1. The van der Waals surface area contributed by atoms with Crippen LogP contribution < -0.4 is 10.6 Å². The molecule has 0 bridgehead atoms. The number of anilines is 1. The molecular formula is C14H24N4O. The standard InChI is InChI=1S/C14H24N4O/c1-19-10-9-18(8-7-15)14-12-5-3-2-4-6-13(12)16-11-17-14/h11H,2-10,15H2,1H3. The lowest BCUT2D eigenvalue weighted by Gasteiger charge is -2.25. The Kier molecular flexibility index (Phi) is 5.54. The molecule has 2 N–H and O–H groups in total. The molecule has 1 aliphatic rings. The van der Waals surface area contributed by atoms with Crippen LogP contribution in [0, 0.1) is 0 Å². The Morgan fingerprint density at radius 2 is 2.05 bits per heavy atom. The van der Waals surface area contributed by atoms with Gasteiger partial charge < -0.3 is 15.4 Å². The molecular weight excluding hydrogens is 240 g/mol. The molecule has 0 fully saturated rings. The van der Waals surface area contributed by atoms with Crippen LogP contribution in [0.3, 0.4) is 0 Å². The highest BCUT2D eigenvalue weighted by Gasteiger charge is 2.18. The molecule has 106 valence electrons. The van der Waals surface area contributed by atoms with E-state index in [0.29, 0.717) is 13.2 Å². The Hall–Kier alpha value is -1.20. The van der Waals surface area contributed by atoms with E-state index in [1.165, 1.54) is 30.5 Å². The third-order valence-corrected chi connectivity index (χ3v) is 3.62. The van der Waals surface area contributed by atoms with Gasteiger partial charge >= 0.3 is 0 Å². The molecule has 0 atom stereocenters. The van der Waals surface area contributed by atoms with E-state index < -0.39 is 0 Å². The molecule has 0 unspecified atom stereocenters. The first-order valence-corrected chi connectivity index (χ1v) is 7.13. The summed E-state index contributed by atoms with van der Waals surface area (Å²) in [5.41, 5.74) is 8.27. The quantitative estimate of drug-likeness (QED) is 0.781. The summed E-state index contributed by atoms with van der Waals surface area (Å²) in [7, 11) is 1.72. The molecule has 0 spiro atoms. The third kappa shape index (κ3) is 3.64. The van der Waals surface area contributed by atoms with Crippen LogP contribution in [0.15, 0.2) is 6.33 Å². The van der Waals surface area contributed by atoms with Crippen molar-refractivity contribution in [3.05, 3.63) is 17.6 Å². The average molecular weight is 264 g/mol. The van der Waals surface area contributed by atoms with Gasteiger partial charge in [-0.1, -0.05) is 6.42 Å². The van der Waals surface area contributed by atoms with Gasteiger partial charge in [-0.25, -0.2) is 9.97 Å². The van der Waals surface area contributed by atoms with Gasteiger partial charge in [0.05, 0.1) is 6.61 Å². The normalized spacial score (nSPS) is 14.8. The fourth-order valence-electron chi connectivity index (χ4n) is 2.63. The summed E-state index contributed by atoms with van der Waals surface area (Å²) in [5.74, 6) is 1.06. The number of ether oxygens (including phenoxy) is 1. The molecule has 0 radical (unpaired) electrons. The van der Waals surface area contributed by atoms with Gasteiger partial charge in [0.15, 0.2) is 0 Å². The molecule has 1 aliphatic carbocycles. The van der Waals surface area contributed by atoms with E-state index in [1.54, 1.807) is 13.4 Å². The molecule has 0 aromatic carbocycles. The van der Waals surface area contributed by atoms with Crippen LogP contribution in [0.25, 0.3) is 0 Å². The van der Waals surface area contributed by atoms with E-state index in [2.05, 4.69) is 14.9 Å². The van der Waals surface area contributed by atoms with Crippen molar-refractivity contribution in [2.45, 2.75) is 32.1 Å². The van der Waals surface area contributed by atoms with Crippen molar-refractivity contribution in [1.82, 2.24) is 9.97 Å². The lowest BCUT2D eigenvalue weighted by Crippen LogP contribution is -2.34. The highest BCUT2D eigenvalue weighted by atomic mass is 16.5. The van der Waals surface area contributed by atoms with E-state index in [-0.39, 0.29) is 0 Å². The Balaban J connectivity index is 2.25. The topological polar surface area (TPSA) is 64.3 Å². The zero-order valence-corrected chi connectivity index (χ0v) is 11.8. The monoisotopic (exact) mass is 264 g/mol. The van der Waals surface area contributed by atoms with E-state index in [1.807, 2.05) is 0 Å². The van der Waals surface area contributed by atoms with Gasteiger partial charge in [0.2, 0.25) is 0 Å². The molecule has 0 saturated carbocycles. The minimum atomic E-state index is 0.627. The molecule has 0 saturated heterocycles. The molecule has 1 aromatic rings. The van der Waals surface area contributed by atoms with Crippen molar-refractivity contribution in [3.63, 3.8) is 0 Å². The van der Waals surface area contributed by atoms with Crippen LogP contribution in [0.2, 0.25) is 0 Å². The number of fused-ring (bicyclic) bond motifs is 1. The van der Waals surface area contributed by atoms with Gasteiger partial charge in [0, 0.05) is 38.0 Å². The largest absolute Gasteiger partial charge is 0.383 e. The second-order valence-corrected chi connectivity index (χ2v) is 4.95. The SMILES string of the molecule is COCCN(CCN)c1ncnc2c1CCCCC2. The zero-order chi connectivity index (χ0) is 13.5. The maximum absolute atomic E-state index is 5.72. The summed E-state index contributed by atoms with van der Waals surface area (Å²) in [4.78, 5) is 11.2. The van der Waals surface area contributed by atoms with Crippen LogP contribution in [0.5, 0.6) is 0 Å². The lowest BCUT2D eigenvalue weighted by molar-refractivity contribution is 0.205. The first-order chi connectivity index (χ1) is 9.36. The predicted molar refractivity (Wildman–Crippen MR) is 76.4 cm³/mol. The number of hydrogen-bond acceptors (Lipinski definition) is 5. The molecule has 0 amide bonds. The summed E-state index contributed by atoms with van der Waals surface area (Å²) in [6, 6.07) is 0. The molecule has 1 aromatic heterocycles. The Morgan fingerprint density at radius 1 is 1.21 bits per heavy atom. The summed E-state index contributed by atoms with van der Waals surface area (Å²) in [6.07, 6.45) is 7.60. The summed E-state index contributed by atoms with van der Waals surface area (Å²) >= 11 is 0. The minimum absolute atomic E-state index is 0.627. The maximum Gasteiger partial charge on any atom is 0.135 e. The van der Waals surface area contributed by atoms with Crippen molar-refractivity contribution in [3.8, 4) is 0 Å². The third-order valence-electron chi connectivity index (χ3n) is 3.62. The second-order valence-electron chi connectivity index (χ2n) is 4.95. The Bertz CT molecular complexity index is 397. The molecule has 5 heteroatoms. The highest BCUT2D eigenvalue weighted by molar-refractivity contribution is 5.49. The van der Waals surface area contributed by atoms with Crippen LogP contribution in [-0.2, 0) is 17.6 Å². The zero-order valence-electron chi connectivity index (χ0n) is 11.8. The molecule has 19 heavy (non-hydrogen) atoms. The number of aryl methyl sites for hydroxylation is 1. The minimum Gasteiger partial charge on any atom is -0.383 e. The lowest BCUT2D eigenvalue weighted by atomic mass is 10.1. The van der Waals surface area contributed by atoms with E-state index >= 15 is 0 Å². The predicted octanol–water partition coefficient (Wildman–Crippen LogP) is 1.16.